The first-order chi connectivity index (χ1) is 9.49. The second kappa shape index (κ2) is 6.59. The summed E-state index contributed by atoms with van der Waals surface area (Å²) in [7, 11) is 0. The van der Waals surface area contributed by atoms with Gasteiger partial charge in [0, 0.05) is 9.13 Å². The van der Waals surface area contributed by atoms with Gasteiger partial charge in [-0.3, -0.25) is 4.79 Å². The highest BCUT2D eigenvalue weighted by Crippen LogP contribution is 2.25. The molecule has 0 aromatic heterocycles. The van der Waals surface area contributed by atoms with Crippen LogP contribution in [0.3, 0.4) is 0 Å². The maximum atomic E-state index is 12.6. The van der Waals surface area contributed by atoms with Crippen LogP contribution in [0, 0.1) is 3.57 Å². The molecule has 4 heteroatoms. The summed E-state index contributed by atoms with van der Waals surface area (Å²) < 4.78 is 6.61. The zero-order valence-corrected chi connectivity index (χ0v) is 14.1. The Kier molecular flexibility index (Phi) is 5.05. The lowest BCUT2D eigenvalue weighted by atomic mass is 10.0. The molecule has 0 N–H and O–H groups in total. The number of rotatable bonds is 4. The van der Waals surface area contributed by atoms with Gasteiger partial charge in [-0.2, -0.15) is 0 Å². The highest BCUT2D eigenvalue weighted by atomic mass is 127. The number of ether oxygens (including phenoxy) is 1. The Morgan fingerprint density at radius 1 is 1.20 bits per heavy atom. The van der Waals surface area contributed by atoms with Crippen molar-refractivity contribution in [2.75, 3.05) is 0 Å². The minimum atomic E-state index is -0.0837. The van der Waals surface area contributed by atoms with Crippen molar-refractivity contribution in [3.05, 3.63) is 62.2 Å². The van der Waals surface area contributed by atoms with Crippen molar-refractivity contribution in [1.82, 2.24) is 0 Å². The molecule has 0 saturated carbocycles. The summed E-state index contributed by atoms with van der Waals surface area (Å²) in [6.45, 7) is 3.87. The summed E-state index contributed by atoms with van der Waals surface area (Å²) in [6, 6.07) is 12.6. The van der Waals surface area contributed by atoms with Gasteiger partial charge in [0.05, 0.1) is 16.7 Å². The average molecular weight is 401 g/mol. The molecule has 0 aliphatic rings. The molecule has 2 nitrogen and oxygen atoms in total. The van der Waals surface area contributed by atoms with E-state index in [0.29, 0.717) is 21.9 Å². The van der Waals surface area contributed by atoms with Crippen LogP contribution in [0.25, 0.3) is 0 Å². The molecule has 0 aliphatic heterocycles. The van der Waals surface area contributed by atoms with Gasteiger partial charge < -0.3 is 4.74 Å². The zero-order valence-electron chi connectivity index (χ0n) is 11.2. The standard InChI is InChI=1S/C16H14ClIO2/c1-10(2)20-15-6-4-3-5-12(15)16(19)11-7-8-14(18)13(17)9-11/h3-10H,1-2H3. The summed E-state index contributed by atoms with van der Waals surface area (Å²) >= 11 is 8.21. The van der Waals surface area contributed by atoms with Crippen molar-refractivity contribution in [2.24, 2.45) is 0 Å². The Labute approximate surface area is 137 Å². The Bertz CT molecular complexity index is 638. The molecule has 0 spiro atoms. The molecule has 0 fully saturated rings. The van der Waals surface area contributed by atoms with Crippen molar-refractivity contribution in [1.29, 1.82) is 0 Å². The SMILES string of the molecule is CC(C)Oc1ccccc1C(=O)c1ccc(I)c(Cl)c1. The summed E-state index contributed by atoms with van der Waals surface area (Å²) in [4.78, 5) is 12.6. The second-order valence-corrected chi connectivity index (χ2v) is 6.19. The van der Waals surface area contributed by atoms with E-state index in [2.05, 4.69) is 22.6 Å². The summed E-state index contributed by atoms with van der Waals surface area (Å²) in [5.74, 6) is 0.515. The smallest absolute Gasteiger partial charge is 0.196 e. The lowest BCUT2D eigenvalue weighted by Crippen LogP contribution is -2.10. The van der Waals surface area contributed by atoms with Crippen molar-refractivity contribution in [3.8, 4) is 5.75 Å². The number of para-hydroxylation sites is 1. The normalized spacial score (nSPS) is 10.7. The Morgan fingerprint density at radius 2 is 1.90 bits per heavy atom. The first-order valence-electron chi connectivity index (χ1n) is 6.24. The highest BCUT2D eigenvalue weighted by molar-refractivity contribution is 14.1. The molecule has 2 rings (SSSR count). The zero-order chi connectivity index (χ0) is 14.7. The first kappa shape index (κ1) is 15.3. The number of benzene rings is 2. The van der Waals surface area contributed by atoms with Gasteiger partial charge in [0.1, 0.15) is 5.75 Å². The lowest BCUT2D eigenvalue weighted by molar-refractivity contribution is 0.103. The number of hydrogen-bond donors (Lipinski definition) is 0. The van der Waals surface area contributed by atoms with Crippen molar-refractivity contribution in [3.63, 3.8) is 0 Å². The van der Waals surface area contributed by atoms with E-state index in [1.54, 1.807) is 18.2 Å². The van der Waals surface area contributed by atoms with Crippen LogP contribution < -0.4 is 4.74 Å². The lowest BCUT2D eigenvalue weighted by Gasteiger charge is -2.13. The third-order valence-electron chi connectivity index (χ3n) is 2.68. The van der Waals surface area contributed by atoms with Gasteiger partial charge in [-0.05, 0) is 66.8 Å². The van der Waals surface area contributed by atoms with E-state index < -0.39 is 0 Å². The van der Waals surface area contributed by atoms with Crippen LogP contribution in [-0.4, -0.2) is 11.9 Å². The molecule has 0 amide bonds. The number of halogens is 2. The van der Waals surface area contributed by atoms with Crippen molar-refractivity contribution < 1.29 is 9.53 Å². The van der Waals surface area contributed by atoms with Crippen molar-refractivity contribution in [2.45, 2.75) is 20.0 Å². The van der Waals surface area contributed by atoms with E-state index >= 15 is 0 Å². The molecule has 20 heavy (non-hydrogen) atoms. The molecule has 0 heterocycles. The van der Waals surface area contributed by atoms with Gasteiger partial charge in [-0.1, -0.05) is 23.7 Å². The van der Waals surface area contributed by atoms with Gasteiger partial charge in [-0.25, -0.2) is 0 Å². The van der Waals surface area contributed by atoms with Crippen LogP contribution >= 0.6 is 34.2 Å². The average Bonchev–Trinajstić information content (AvgIpc) is 2.41. The van der Waals surface area contributed by atoms with E-state index in [1.807, 2.05) is 38.1 Å². The van der Waals surface area contributed by atoms with E-state index in [0.717, 1.165) is 3.57 Å². The van der Waals surface area contributed by atoms with Crippen LogP contribution in [0.5, 0.6) is 5.75 Å². The Hall–Kier alpha value is -1.07. The molecule has 0 atom stereocenters. The third kappa shape index (κ3) is 3.52. The largest absolute Gasteiger partial charge is 0.490 e. The molecule has 2 aromatic carbocycles. The van der Waals surface area contributed by atoms with Crippen LogP contribution in [0.15, 0.2) is 42.5 Å². The first-order valence-corrected chi connectivity index (χ1v) is 7.70. The van der Waals surface area contributed by atoms with Gasteiger partial charge in [0.2, 0.25) is 0 Å². The topological polar surface area (TPSA) is 26.3 Å². The predicted molar refractivity (Wildman–Crippen MR) is 89.8 cm³/mol. The summed E-state index contributed by atoms with van der Waals surface area (Å²) in [5, 5.41) is 0.582. The van der Waals surface area contributed by atoms with Crippen LogP contribution in [0.2, 0.25) is 5.02 Å². The molecule has 0 saturated heterocycles. The number of carbonyl (C=O) groups is 1. The highest BCUT2D eigenvalue weighted by Gasteiger charge is 2.16. The Morgan fingerprint density at radius 3 is 2.55 bits per heavy atom. The number of ketones is 1. The maximum Gasteiger partial charge on any atom is 0.196 e. The van der Waals surface area contributed by atoms with Crippen LogP contribution in [-0.2, 0) is 0 Å². The molecule has 0 aliphatic carbocycles. The minimum absolute atomic E-state index is 0.0178. The summed E-state index contributed by atoms with van der Waals surface area (Å²) in [5.41, 5.74) is 1.12. The quantitative estimate of drug-likeness (QED) is 0.535. The molecule has 0 bridgehead atoms. The molecular weight excluding hydrogens is 387 g/mol. The predicted octanol–water partition coefficient (Wildman–Crippen LogP) is 4.96. The molecule has 104 valence electrons. The molecular formula is C16H14ClIO2. The second-order valence-electron chi connectivity index (χ2n) is 4.62. The van der Waals surface area contributed by atoms with Crippen molar-refractivity contribution >= 4 is 40.0 Å². The van der Waals surface area contributed by atoms with E-state index in [1.165, 1.54) is 0 Å². The van der Waals surface area contributed by atoms with Gasteiger partial charge in [-0.15, -0.1) is 0 Å². The van der Waals surface area contributed by atoms with E-state index in [4.69, 9.17) is 16.3 Å². The monoisotopic (exact) mass is 400 g/mol. The number of hydrogen-bond acceptors (Lipinski definition) is 2. The molecule has 2 aromatic rings. The molecule has 0 unspecified atom stereocenters. The van der Waals surface area contributed by atoms with E-state index in [-0.39, 0.29) is 11.9 Å². The molecule has 0 radical (unpaired) electrons. The Balaban J connectivity index is 2.40. The minimum Gasteiger partial charge on any atom is -0.490 e. The third-order valence-corrected chi connectivity index (χ3v) is 4.25. The van der Waals surface area contributed by atoms with Gasteiger partial charge in [0.25, 0.3) is 0 Å². The fourth-order valence-electron chi connectivity index (χ4n) is 1.80. The van der Waals surface area contributed by atoms with Gasteiger partial charge >= 0.3 is 0 Å². The van der Waals surface area contributed by atoms with E-state index in [9.17, 15) is 4.79 Å². The van der Waals surface area contributed by atoms with Crippen LogP contribution in [0.4, 0.5) is 0 Å². The maximum absolute atomic E-state index is 12.6. The van der Waals surface area contributed by atoms with Gasteiger partial charge in [0.15, 0.2) is 5.78 Å². The fraction of sp³-hybridized carbons (Fsp3) is 0.188. The summed E-state index contributed by atoms with van der Waals surface area (Å²) in [6.07, 6.45) is 0.0178. The van der Waals surface area contributed by atoms with Crippen LogP contribution in [0.1, 0.15) is 29.8 Å². The fourth-order valence-corrected chi connectivity index (χ4v) is 2.32. The number of carbonyl (C=O) groups excluding carboxylic acids is 1.